The molecule has 2 amide bonds. The lowest BCUT2D eigenvalue weighted by atomic mass is 9.68. The van der Waals surface area contributed by atoms with Gasteiger partial charge in [0.05, 0.1) is 18.8 Å². The van der Waals surface area contributed by atoms with E-state index in [1.807, 2.05) is 12.1 Å². The molecular weight excluding hydrogens is 438 g/mol. The Kier molecular flexibility index (Phi) is 6.78. The van der Waals surface area contributed by atoms with Crippen molar-refractivity contribution in [1.29, 1.82) is 0 Å². The molecule has 188 valence electrons. The normalized spacial score (nSPS) is 28.9. The van der Waals surface area contributed by atoms with Crippen LogP contribution in [0.1, 0.15) is 49.7 Å². The second kappa shape index (κ2) is 9.82. The largest absolute Gasteiger partial charge is 0.497 e. The summed E-state index contributed by atoms with van der Waals surface area (Å²) in [5, 5.41) is 0. The first-order valence-electron chi connectivity index (χ1n) is 13.0. The van der Waals surface area contributed by atoms with E-state index in [0.29, 0.717) is 13.1 Å². The van der Waals surface area contributed by atoms with Gasteiger partial charge in [-0.25, -0.2) is 4.79 Å². The van der Waals surface area contributed by atoms with Crippen LogP contribution in [0.4, 0.5) is 4.79 Å². The van der Waals surface area contributed by atoms with Gasteiger partial charge in [0.25, 0.3) is 0 Å². The fraction of sp³-hybridized carbons (Fsp3) is 0.552. The number of carbonyl (C=O) groups excluding carboxylic acids is 1. The topological polar surface area (TPSA) is 45.2 Å². The Morgan fingerprint density at radius 3 is 2.34 bits per heavy atom. The van der Waals surface area contributed by atoms with Crippen molar-refractivity contribution in [3.63, 3.8) is 0 Å². The van der Waals surface area contributed by atoms with Gasteiger partial charge in [-0.1, -0.05) is 42.5 Å². The highest BCUT2D eigenvalue weighted by molar-refractivity contribution is 5.78. The molecule has 6 nitrogen and oxygen atoms in total. The predicted molar refractivity (Wildman–Crippen MR) is 137 cm³/mol. The van der Waals surface area contributed by atoms with E-state index in [-0.39, 0.29) is 23.2 Å². The van der Waals surface area contributed by atoms with E-state index in [0.717, 1.165) is 63.0 Å². The van der Waals surface area contributed by atoms with Crippen LogP contribution in [-0.2, 0) is 16.8 Å². The average molecular weight is 478 g/mol. The summed E-state index contributed by atoms with van der Waals surface area (Å²) in [5.74, 6) is 0.839. The molecule has 2 heterocycles. The zero-order chi connectivity index (χ0) is 24.5. The average Bonchev–Trinajstić information content (AvgIpc) is 3.49. The maximum atomic E-state index is 13.8. The molecule has 5 rings (SSSR count). The Balaban J connectivity index is 1.39. The van der Waals surface area contributed by atoms with E-state index in [9.17, 15) is 4.79 Å². The summed E-state index contributed by atoms with van der Waals surface area (Å²) in [5.41, 5.74) is 2.39. The zero-order valence-corrected chi connectivity index (χ0v) is 21.4. The van der Waals surface area contributed by atoms with E-state index in [4.69, 9.17) is 9.47 Å². The van der Waals surface area contributed by atoms with Crippen molar-refractivity contribution < 1.29 is 14.3 Å². The zero-order valence-electron chi connectivity index (χ0n) is 21.4. The summed E-state index contributed by atoms with van der Waals surface area (Å²) in [6, 6.07) is 19.1. The molecule has 1 unspecified atom stereocenters. The van der Waals surface area contributed by atoms with Gasteiger partial charge in [-0.05, 0) is 75.9 Å². The van der Waals surface area contributed by atoms with Gasteiger partial charge in [-0.15, -0.1) is 0 Å². The van der Waals surface area contributed by atoms with Gasteiger partial charge in [-0.2, -0.15) is 0 Å². The number of hydrogen-bond acceptors (Lipinski definition) is 4. The number of ether oxygens (including phenoxy) is 2. The van der Waals surface area contributed by atoms with Crippen molar-refractivity contribution in [3.05, 3.63) is 65.7 Å². The molecule has 2 aromatic rings. The molecule has 6 heteroatoms. The molecule has 3 aliphatic rings. The minimum atomic E-state index is -0.135. The maximum absolute atomic E-state index is 13.8. The Hall–Kier alpha value is -2.57. The van der Waals surface area contributed by atoms with E-state index in [1.54, 1.807) is 7.11 Å². The molecule has 2 saturated heterocycles. The molecule has 2 aromatic carbocycles. The van der Waals surface area contributed by atoms with Crippen LogP contribution in [0, 0.1) is 0 Å². The summed E-state index contributed by atoms with van der Waals surface area (Å²) >= 11 is 0. The van der Waals surface area contributed by atoms with Crippen molar-refractivity contribution in [2.45, 2.75) is 62.3 Å². The number of carbonyl (C=O) groups is 1. The SMILES string of the molecule is COc1ccc(CN2C[C@]3(CC[C@@](c4ccccc4)(N(C)C)CC3)N(CC3CCCO3)C2=O)cc1. The van der Waals surface area contributed by atoms with Crippen molar-refractivity contribution in [2.75, 3.05) is 40.9 Å². The summed E-state index contributed by atoms with van der Waals surface area (Å²) in [6.45, 7) is 2.93. The van der Waals surface area contributed by atoms with Crippen LogP contribution >= 0.6 is 0 Å². The molecule has 1 atom stereocenters. The smallest absolute Gasteiger partial charge is 0.321 e. The number of methoxy groups -OCH3 is 1. The number of amides is 2. The first kappa shape index (κ1) is 24.1. The molecular formula is C29H39N3O3. The molecule has 3 fully saturated rings. The third kappa shape index (κ3) is 4.54. The standard InChI is InChI=1S/C29H39N3O3/c1-30(2)29(24-8-5-4-6-9-24)17-15-28(16-18-29)22-31(20-23-11-13-25(34-3)14-12-23)27(33)32(28)21-26-10-7-19-35-26/h4-6,8-9,11-14,26H,7,10,15-22H2,1-3H3/t26?,28-,29-. The highest BCUT2D eigenvalue weighted by Gasteiger charge is 2.54. The van der Waals surface area contributed by atoms with E-state index >= 15 is 0 Å². The predicted octanol–water partition coefficient (Wildman–Crippen LogP) is 4.88. The molecule has 0 radical (unpaired) electrons. The molecule has 1 aliphatic carbocycles. The first-order valence-corrected chi connectivity index (χ1v) is 13.0. The van der Waals surface area contributed by atoms with Crippen LogP contribution in [0.5, 0.6) is 5.75 Å². The lowest BCUT2D eigenvalue weighted by Crippen LogP contribution is -2.56. The van der Waals surface area contributed by atoms with E-state index in [2.05, 4.69) is 71.3 Å². The molecule has 35 heavy (non-hydrogen) atoms. The Labute approximate surface area is 209 Å². The number of rotatable bonds is 7. The fourth-order valence-electron chi connectivity index (χ4n) is 6.52. The van der Waals surface area contributed by atoms with Crippen molar-refractivity contribution in [1.82, 2.24) is 14.7 Å². The number of urea groups is 1. The van der Waals surface area contributed by atoms with Gasteiger partial charge in [0.1, 0.15) is 5.75 Å². The molecule has 0 aromatic heterocycles. The third-order valence-corrected chi connectivity index (χ3v) is 8.68. The van der Waals surface area contributed by atoms with E-state index < -0.39 is 0 Å². The Morgan fingerprint density at radius 1 is 1.03 bits per heavy atom. The molecule has 0 bridgehead atoms. The van der Waals surface area contributed by atoms with Crippen molar-refractivity contribution >= 4 is 6.03 Å². The van der Waals surface area contributed by atoms with Crippen LogP contribution in [0.3, 0.4) is 0 Å². The second-order valence-electron chi connectivity index (χ2n) is 10.7. The Bertz CT molecular complexity index is 994. The van der Waals surface area contributed by atoms with Crippen LogP contribution in [-0.4, -0.2) is 73.3 Å². The summed E-state index contributed by atoms with van der Waals surface area (Å²) in [7, 11) is 6.08. The van der Waals surface area contributed by atoms with E-state index in [1.165, 1.54) is 5.56 Å². The van der Waals surface area contributed by atoms with Gasteiger partial charge in [0.2, 0.25) is 0 Å². The highest BCUT2D eigenvalue weighted by Crippen LogP contribution is 2.49. The Morgan fingerprint density at radius 2 is 1.74 bits per heavy atom. The number of hydrogen-bond donors (Lipinski definition) is 0. The van der Waals surface area contributed by atoms with Crippen LogP contribution in [0.2, 0.25) is 0 Å². The monoisotopic (exact) mass is 477 g/mol. The van der Waals surface area contributed by atoms with Gasteiger partial charge in [-0.3, -0.25) is 4.90 Å². The second-order valence-corrected chi connectivity index (χ2v) is 10.7. The number of benzene rings is 2. The molecule has 1 spiro atoms. The van der Waals surface area contributed by atoms with Gasteiger partial charge in [0, 0.05) is 31.8 Å². The van der Waals surface area contributed by atoms with Crippen molar-refractivity contribution in [2.24, 2.45) is 0 Å². The fourth-order valence-corrected chi connectivity index (χ4v) is 6.52. The number of nitrogens with zero attached hydrogens (tertiary/aromatic N) is 3. The summed E-state index contributed by atoms with van der Waals surface area (Å²) < 4.78 is 11.3. The quantitative estimate of drug-likeness (QED) is 0.570. The lowest BCUT2D eigenvalue weighted by molar-refractivity contribution is 0.00432. The lowest BCUT2D eigenvalue weighted by Gasteiger charge is -2.51. The molecule has 0 N–H and O–H groups in total. The van der Waals surface area contributed by atoms with Crippen molar-refractivity contribution in [3.8, 4) is 5.75 Å². The summed E-state index contributed by atoms with van der Waals surface area (Å²) in [4.78, 5) is 20.5. The van der Waals surface area contributed by atoms with Crippen LogP contribution in [0.25, 0.3) is 0 Å². The van der Waals surface area contributed by atoms with Gasteiger partial charge in [0.15, 0.2) is 0 Å². The molecule has 1 saturated carbocycles. The van der Waals surface area contributed by atoms with Gasteiger partial charge < -0.3 is 19.3 Å². The minimum absolute atomic E-state index is 0.00842. The highest BCUT2D eigenvalue weighted by atomic mass is 16.5. The summed E-state index contributed by atoms with van der Waals surface area (Å²) in [6.07, 6.45) is 6.36. The van der Waals surface area contributed by atoms with Crippen LogP contribution in [0.15, 0.2) is 54.6 Å². The minimum Gasteiger partial charge on any atom is -0.497 e. The third-order valence-electron chi connectivity index (χ3n) is 8.68. The molecule has 2 aliphatic heterocycles. The van der Waals surface area contributed by atoms with Gasteiger partial charge >= 0.3 is 6.03 Å². The first-order chi connectivity index (χ1) is 17.0. The maximum Gasteiger partial charge on any atom is 0.321 e. The van der Waals surface area contributed by atoms with Crippen LogP contribution < -0.4 is 4.74 Å².